The quantitative estimate of drug-likeness (QED) is 0.0997. The van der Waals surface area contributed by atoms with Gasteiger partial charge in [0.05, 0.1) is 37.8 Å². The van der Waals surface area contributed by atoms with Crippen LogP contribution in [0.4, 0.5) is 0 Å². The fourth-order valence-electron chi connectivity index (χ4n) is 6.75. The van der Waals surface area contributed by atoms with E-state index >= 15 is 0 Å². The summed E-state index contributed by atoms with van der Waals surface area (Å²) in [6.45, 7) is 12.5. The van der Waals surface area contributed by atoms with E-state index in [0.717, 1.165) is 29.9 Å². The Morgan fingerprint density at radius 1 is 0.719 bits per heavy atom. The minimum Gasteiger partial charge on any atom is -0.456 e. The van der Waals surface area contributed by atoms with Gasteiger partial charge in [-0.2, -0.15) is 0 Å². The number of aryl methyl sites for hydroxylation is 1. The second-order valence-corrected chi connectivity index (χ2v) is 17.2. The number of carbonyl (C=O) groups excluding carboxylic acids is 3. The molecule has 2 aliphatic heterocycles. The average molecular weight is 809 g/mol. The zero-order valence-corrected chi connectivity index (χ0v) is 34.2. The largest absolute Gasteiger partial charge is 0.456 e. The number of hydrogen-bond donors (Lipinski definition) is 0. The number of carbonyl (C=O) groups is 3. The van der Waals surface area contributed by atoms with Crippen LogP contribution in [0.15, 0.2) is 91.3 Å². The fourth-order valence-corrected chi connectivity index (χ4v) is 7.15. The molecule has 2 aromatic heterocycles. The Bertz CT molecular complexity index is 2230. The van der Waals surface area contributed by atoms with Crippen LogP contribution in [0.25, 0.3) is 0 Å². The number of esters is 3. The van der Waals surface area contributed by atoms with E-state index in [2.05, 4.69) is 14.9 Å². The van der Waals surface area contributed by atoms with E-state index in [0.29, 0.717) is 41.8 Å². The monoisotopic (exact) mass is 807 g/mol. The molecule has 0 radical (unpaired) electrons. The summed E-state index contributed by atoms with van der Waals surface area (Å²) in [5.74, 6) is -0.948. The van der Waals surface area contributed by atoms with Crippen molar-refractivity contribution in [1.29, 1.82) is 0 Å². The van der Waals surface area contributed by atoms with Crippen molar-refractivity contribution in [3.8, 4) is 23.0 Å². The Hall–Kier alpha value is -5.29. The van der Waals surface area contributed by atoms with E-state index in [-0.39, 0.29) is 33.0 Å². The number of nitrogens with zero attached hydrogens (tertiary/aromatic N) is 3. The third-order valence-corrected chi connectivity index (χ3v) is 10.4. The molecule has 0 saturated carbocycles. The molecule has 0 unspecified atom stereocenters. The predicted molar refractivity (Wildman–Crippen MR) is 216 cm³/mol. The van der Waals surface area contributed by atoms with E-state index in [4.69, 9.17) is 42.1 Å². The lowest BCUT2D eigenvalue weighted by Gasteiger charge is -2.37. The van der Waals surface area contributed by atoms with Crippen molar-refractivity contribution in [2.45, 2.75) is 73.1 Å². The molecule has 294 valence electrons. The molecule has 2 aliphatic rings. The highest BCUT2D eigenvalue weighted by Gasteiger charge is 2.54. The first-order valence-electron chi connectivity index (χ1n) is 18.7. The Balaban J connectivity index is 1.24. The number of hydrogen-bond acceptors (Lipinski definition) is 10. The van der Waals surface area contributed by atoms with E-state index in [1.807, 2.05) is 54.6 Å². The van der Waals surface area contributed by atoms with Crippen molar-refractivity contribution >= 4 is 41.1 Å². The first kappa shape index (κ1) is 39.9. The highest BCUT2D eigenvalue weighted by molar-refractivity contribution is 6.33. The van der Waals surface area contributed by atoms with Gasteiger partial charge in [-0.15, -0.1) is 0 Å². The first-order valence-corrected chi connectivity index (χ1v) is 19.5. The van der Waals surface area contributed by atoms with Crippen LogP contribution in [0.2, 0.25) is 10.0 Å². The summed E-state index contributed by atoms with van der Waals surface area (Å²) in [6.07, 6.45) is 5.08. The normalized spacial score (nSPS) is 14.0. The van der Waals surface area contributed by atoms with Crippen LogP contribution < -0.4 is 14.2 Å². The number of aromatic nitrogens is 2. The second-order valence-electron chi connectivity index (χ2n) is 16.3. The molecule has 1 spiro atoms. The van der Waals surface area contributed by atoms with Crippen molar-refractivity contribution in [3.63, 3.8) is 0 Å². The molecule has 0 saturated heterocycles. The van der Waals surface area contributed by atoms with Gasteiger partial charge in [0.2, 0.25) is 0 Å². The highest BCUT2D eigenvalue weighted by Crippen LogP contribution is 2.59. The summed E-state index contributed by atoms with van der Waals surface area (Å²) in [4.78, 5) is 51.2. The molecule has 4 heterocycles. The number of benzene rings is 3. The number of pyridine rings is 2. The average Bonchev–Trinajstić information content (AvgIpc) is 3.44. The van der Waals surface area contributed by atoms with Crippen LogP contribution in [-0.2, 0) is 39.4 Å². The Kier molecular flexibility index (Phi) is 10.9. The van der Waals surface area contributed by atoms with Crippen molar-refractivity contribution in [1.82, 2.24) is 14.9 Å². The molecule has 57 heavy (non-hydrogen) atoms. The maximum absolute atomic E-state index is 14.0. The van der Waals surface area contributed by atoms with Gasteiger partial charge >= 0.3 is 17.9 Å². The smallest absolute Gasteiger partial charge is 0.340 e. The zero-order chi connectivity index (χ0) is 40.7. The lowest BCUT2D eigenvalue weighted by atomic mass is 9.77. The zero-order valence-electron chi connectivity index (χ0n) is 32.7. The van der Waals surface area contributed by atoms with Gasteiger partial charge in [0.15, 0.2) is 17.1 Å². The molecule has 0 aliphatic carbocycles. The highest BCUT2D eigenvalue weighted by atomic mass is 35.5. The van der Waals surface area contributed by atoms with Crippen molar-refractivity contribution in [2.75, 3.05) is 6.54 Å². The van der Waals surface area contributed by atoms with E-state index < -0.39 is 34.3 Å². The molecular formula is C45H43Cl2N3O7. The number of fused-ring (bicyclic) bond motifs is 6. The maximum atomic E-state index is 14.0. The summed E-state index contributed by atoms with van der Waals surface area (Å²) in [5.41, 5.74) is 1.46. The Morgan fingerprint density at radius 3 is 1.72 bits per heavy atom. The summed E-state index contributed by atoms with van der Waals surface area (Å²) >= 11 is 13.6. The first-order chi connectivity index (χ1) is 27.0. The fraction of sp³-hybridized carbons (Fsp3) is 0.311. The summed E-state index contributed by atoms with van der Waals surface area (Å²) in [7, 11) is 0. The SMILES string of the molecule is CC(C)(C)C(=O)Oc1cc2c(cc1Cl)C1(OC(=O)c3cc(CCCN(Cc4ccccn4)Cc4ccccn4)ccc31)c1cc(Cl)c(OC(=O)C(C)(C)C)cc1O2. The van der Waals surface area contributed by atoms with Crippen molar-refractivity contribution in [2.24, 2.45) is 10.8 Å². The molecule has 12 heteroatoms. The van der Waals surface area contributed by atoms with Gasteiger partial charge in [0.25, 0.3) is 0 Å². The summed E-state index contributed by atoms with van der Waals surface area (Å²) in [6, 6.07) is 23.7. The van der Waals surface area contributed by atoms with Gasteiger partial charge in [0, 0.05) is 54.3 Å². The van der Waals surface area contributed by atoms with Crippen molar-refractivity contribution in [3.05, 3.63) is 141 Å². The third-order valence-electron chi connectivity index (χ3n) is 9.77. The topological polar surface area (TPSA) is 117 Å². The molecule has 0 amide bonds. The molecule has 0 bridgehead atoms. The molecular weight excluding hydrogens is 765 g/mol. The third kappa shape index (κ3) is 8.26. The van der Waals surface area contributed by atoms with Gasteiger partial charge < -0.3 is 18.9 Å². The summed E-state index contributed by atoms with van der Waals surface area (Å²) < 4.78 is 24.3. The van der Waals surface area contributed by atoms with Crippen LogP contribution in [0.5, 0.6) is 23.0 Å². The van der Waals surface area contributed by atoms with Crippen LogP contribution in [0.3, 0.4) is 0 Å². The molecule has 5 aromatic rings. The van der Waals surface area contributed by atoms with Crippen LogP contribution in [0.1, 0.15) is 92.0 Å². The van der Waals surface area contributed by atoms with Gasteiger partial charge in [-0.05, 0) is 109 Å². The van der Waals surface area contributed by atoms with Crippen LogP contribution >= 0.6 is 23.2 Å². The molecule has 10 nitrogen and oxygen atoms in total. The van der Waals surface area contributed by atoms with E-state index in [1.54, 1.807) is 66.1 Å². The minimum atomic E-state index is -1.55. The molecule has 7 rings (SSSR count). The maximum Gasteiger partial charge on any atom is 0.340 e. The Labute approximate surface area is 342 Å². The number of rotatable bonds is 10. The number of ether oxygens (including phenoxy) is 4. The van der Waals surface area contributed by atoms with Gasteiger partial charge in [0.1, 0.15) is 11.5 Å². The molecule has 0 atom stereocenters. The molecule has 0 fully saturated rings. The van der Waals surface area contributed by atoms with E-state index in [9.17, 15) is 14.4 Å². The number of halogens is 2. The predicted octanol–water partition coefficient (Wildman–Crippen LogP) is 9.89. The Morgan fingerprint density at radius 2 is 1.25 bits per heavy atom. The van der Waals surface area contributed by atoms with Crippen LogP contribution in [-0.4, -0.2) is 39.3 Å². The molecule has 0 N–H and O–H groups in total. The standard InChI is InChI=1S/C45H43Cl2N3O7/c1-43(2,3)41(52)55-38-23-36-32(21-34(38)46)45(33-22-35(47)39(24-37(33)54-36)56-42(53)44(4,5)6)31-16-15-27(20-30(31)40(51)57-45)12-11-19-50(25-28-13-7-9-17-48-28)26-29-14-8-10-18-49-29/h7-10,13-18,20-24H,11-12,19,25-26H2,1-6H3. The second kappa shape index (κ2) is 15.6. The van der Waals surface area contributed by atoms with Crippen molar-refractivity contribution < 1.29 is 33.3 Å². The van der Waals surface area contributed by atoms with Gasteiger partial charge in [-0.3, -0.25) is 24.5 Å². The minimum absolute atomic E-state index is 0.0716. The van der Waals surface area contributed by atoms with Gasteiger partial charge in [-0.25, -0.2) is 4.79 Å². The summed E-state index contributed by atoms with van der Waals surface area (Å²) in [5, 5.41) is 0.225. The molecule has 3 aromatic carbocycles. The lowest BCUT2D eigenvalue weighted by molar-refractivity contribution is -0.143. The van der Waals surface area contributed by atoms with E-state index in [1.165, 1.54) is 12.1 Å². The van der Waals surface area contributed by atoms with Crippen LogP contribution in [0, 0.1) is 10.8 Å². The van der Waals surface area contributed by atoms with Gasteiger partial charge in [-0.1, -0.05) is 47.5 Å². The lowest BCUT2D eigenvalue weighted by Crippen LogP contribution is -2.33.